The van der Waals surface area contributed by atoms with Crippen molar-refractivity contribution in [3.8, 4) is 18.1 Å². The van der Waals surface area contributed by atoms with Crippen LogP contribution in [-0.2, 0) is 14.4 Å². The number of carbonyl (C=O) groups is 3. The average Bonchev–Trinajstić information content (AvgIpc) is 3.06. The van der Waals surface area contributed by atoms with Gasteiger partial charge < -0.3 is 10.1 Å². The number of amides is 3. The first kappa shape index (κ1) is 31.5. The Hall–Kier alpha value is -5.39. The molecule has 8 heteroatoms. The van der Waals surface area contributed by atoms with Gasteiger partial charge in [-0.1, -0.05) is 115 Å². The maximum Gasteiger partial charge on any atom is 0.285 e. The zero-order valence-corrected chi connectivity index (χ0v) is 25.0. The van der Waals surface area contributed by atoms with Crippen LogP contribution in [0.1, 0.15) is 29.7 Å². The van der Waals surface area contributed by atoms with Crippen LogP contribution in [0.5, 0.6) is 5.75 Å². The molecule has 0 atom stereocenters. The minimum Gasteiger partial charge on any atom is -0.481 e. The van der Waals surface area contributed by atoms with Crippen LogP contribution in [0.25, 0.3) is 6.08 Å². The minimum atomic E-state index is -0.698. The van der Waals surface area contributed by atoms with Crippen molar-refractivity contribution in [2.45, 2.75) is 13.0 Å². The van der Waals surface area contributed by atoms with Gasteiger partial charge in [-0.25, -0.2) is 0 Å². The standard InChI is InChI=1S/C36H31N3O4S/c1-4-7-18-29(6-3)39-35(42)31(24-26-19-21-30(22-20-26)43-23-5-2)34(41)38-36(39)44-25-32(40)37-33(27-14-10-8-11-15-27)28-16-12-9-13-17-28/h2,4,6-22,24,33H,1,23,25H2,3H3,(H,37,40)/b18-7-,29-6+,31-24+. The summed E-state index contributed by atoms with van der Waals surface area (Å²) >= 11 is 1.01. The first-order chi connectivity index (χ1) is 21.4. The fourth-order valence-electron chi connectivity index (χ4n) is 4.35. The zero-order chi connectivity index (χ0) is 31.3. The van der Waals surface area contributed by atoms with Crippen LogP contribution in [0.2, 0.25) is 0 Å². The van der Waals surface area contributed by atoms with Crippen LogP contribution >= 0.6 is 11.8 Å². The van der Waals surface area contributed by atoms with Crippen molar-refractivity contribution in [2.75, 3.05) is 12.4 Å². The second-order valence-electron chi connectivity index (χ2n) is 9.38. The van der Waals surface area contributed by atoms with E-state index in [2.05, 4.69) is 22.8 Å². The van der Waals surface area contributed by atoms with Crippen LogP contribution in [0.3, 0.4) is 0 Å². The van der Waals surface area contributed by atoms with Gasteiger partial charge in [0.15, 0.2) is 5.17 Å². The van der Waals surface area contributed by atoms with Gasteiger partial charge in [0.25, 0.3) is 11.8 Å². The van der Waals surface area contributed by atoms with Gasteiger partial charge in [-0.2, -0.15) is 4.99 Å². The van der Waals surface area contributed by atoms with E-state index in [1.54, 1.807) is 55.5 Å². The Morgan fingerprint density at radius 2 is 1.68 bits per heavy atom. The Bertz CT molecular complexity index is 1630. The molecule has 0 aromatic heterocycles. The number of nitrogens with one attached hydrogen (secondary N) is 1. The monoisotopic (exact) mass is 601 g/mol. The number of thioether (sulfide) groups is 1. The second kappa shape index (κ2) is 15.7. The van der Waals surface area contributed by atoms with Gasteiger partial charge in [0.2, 0.25) is 5.91 Å². The van der Waals surface area contributed by atoms with Crippen LogP contribution in [0, 0.1) is 12.3 Å². The predicted molar refractivity (Wildman–Crippen MR) is 176 cm³/mol. The van der Waals surface area contributed by atoms with Crippen LogP contribution in [-0.4, -0.2) is 40.1 Å². The number of hydrogen-bond acceptors (Lipinski definition) is 5. The van der Waals surface area contributed by atoms with E-state index in [-0.39, 0.29) is 35.0 Å². The highest BCUT2D eigenvalue weighted by Crippen LogP contribution is 2.27. The molecule has 0 spiro atoms. The summed E-state index contributed by atoms with van der Waals surface area (Å²) in [6.45, 7) is 5.60. The van der Waals surface area contributed by atoms with Crippen molar-refractivity contribution in [1.29, 1.82) is 0 Å². The number of aliphatic imine (C=N–C) groups is 1. The van der Waals surface area contributed by atoms with E-state index < -0.39 is 11.8 Å². The molecular weight excluding hydrogens is 570 g/mol. The lowest BCUT2D eigenvalue weighted by Gasteiger charge is -2.28. The lowest BCUT2D eigenvalue weighted by atomic mass is 9.99. The number of hydrogen-bond donors (Lipinski definition) is 1. The molecule has 7 nitrogen and oxygen atoms in total. The summed E-state index contributed by atoms with van der Waals surface area (Å²) in [6, 6.07) is 25.7. The third-order valence-electron chi connectivity index (χ3n) is 6.43. The van der Waals surface area contributed by atoms with Crippen molar-refractivity contribution < 1.29 is 19.1 Å². The molecule has 4 rings (SSSR count). The molecule has 0 saturated carbocycles. The normalized spacial score (nSPS) is 14.5. The molecule has 0 radical (unpaired) electrons. The lowest BCUT2D eigenvalue weighted by molar-refractivity contribution is -0.126. The highest BCUT2D eigenvalue weighted by atomic mass is 32.2. The third kappa shape index (κ3) is 8.12. The quantitative estimate of drug-likeness (QED) is 0.124. The molecule has 0 aliphatic carbocycles. The zero-order valence-electron chi connectivity index (χ0n) is 24.2. The molecular formula is C36H31N3O4S. The Morgan fingerprint density at radius 1 is 1.05 bits per heavy atom. The molecule has 0 saturated heterocycles. The Balaban J connectivity index is 1.59. The van der Waals surface area contributed by atoms with Crippen LogP contribution in [0.15, 0.2) is 132 Å². The number of nitrogens with zero attached hydrogens (tertiary/aromatic N) is 2. The van der Waals surface area contributed by atoms with E-state index in [0.717, 1.165) is 22.9 Å². The third-order valence-corrected chi connectivity index (χ3v) is 7.36. The van der Waals surface area contributed by atoms with Crippen molar-refractivity contribution in [1.82, 2.24) is 10.2 Å². The molecule has 1 aliphatic heterocycles. The van der Waals surface area contributed by atoms with Gasteiger partial charge >= 0.3 is 0 Å². The largest absolute Gasteiger partial charge is 0.481 e. The summed E-state index contributed by atoms with van der Waals surface area (Å²) in [5.74, 6) is 1.35. The molecule has 3 aromatic carbocycles. The second-order valence-corrected chi connectivity index (χ2v) is 10.3. The molecule has 0 unspecified atom stereocenters. The maximum atomic E-state index is 13.8. The summed E-state index contributed by atoms with van der Waals surface area (Å²) in [7, 11) is 0. The van der Waals surface area contributed by atoms with E-state index >= 15 is 0 Å². The van der Waals surface area contributed by atoms with Gasteiger partial charge in [-0.15, -0.1) is 6.42 Å². The first-order valence-electron chi connectivity index (χ1n) is 13.8. The van der Waals surface area contributed by atoms with Gasteiger partial charge in [-0.05, 0) is 47.9 Å². The number of carbonyl (C=O) groups excluding carboxylic acids is 3. The molecule has 220 valence electrons. The number of allylic oxidation sites excluding steroid dienone is 4. The predicted octanol–water partition coefficient (Wildman–Crippen LogP) is 6.09. The van der Waals surface area contributed by atoms with Crippen LogP contribution < -0.4 is 10.1 Å². The van der Waals surface area contributed by atoms with Crippen molar-refractivity contribution in [3.05, 3.63) is 144 Å². The van der Waals surface area contributed by atoms with Gasteiger partial charge in [0, 0.05) is 5.70 Å². The Labute approximate surface area is 261 Å². The van der Waals surface area contributed by atoms with Crippen molar-refractivity contribution >= 4 is 40.7 Å². The smallest absolute Gasteiger partial charge is 0.285 e. The summed E-state index contributed by atoms with van der Waals surface area (Å²) in [4.78, 5) is 45.8. The molecule has 0 fully saturated rings. The topological polar surface area (TPSA) is 88.1 Å². The average molecular weight is 602 g/mol. The fraction of sp³-hybridized carbons (Fsp3) is 0.111. The van der Waals surface area contributed by atoms with Gasteiger partial charge in [-0.3, -0.25) is 19.3 Å². The highest BCUT2D eigenvalue weighted by molar-refractivity contribution is 8.14. The Kier molecular flexibility index (Phi) is 11.3. The Morgan fingerprint density at radius 3 is 2.25 bits per heavy atom. The molecule has 44 heavy (non-hydrogen) atoms. The molecule has 1 aliphatic rings. The molecule has 1 N–H and O–H groups in total. The van der Waals surface area contributed by atoms with Crippen molar-refractivity contribution in [3.63, 3.8) is 0 Å². The summed E-state index contributed by atoms with van der Waals surface area (Å²) in [5, 5.41) is 3.19. The molecule has 3 amide bonds. The summed E-state index contributed by atoms with van der Waals surface area (Å²) in [5.41, 5.74) is 2.82. The first-order valence-corrected chi connectivity index (χ1v) is 14.8. The molecule has 1 heterocycles. The molecule has 3 aromatic rings. The number of amidine groups is 1. The van der Waals surface area contributed by atoms with Gasteiger partial charge in [0.05, 0.1) is 11.8 Å². The molecule has 0 bridgehead atoms. The number of ether oxygens (including phenoxy) is 1. The number of benzene rings is 3. The van der Waals surface area contributed by atoms with Crippen LogP contribution in [0.4, 0.5) is 0 Å². The van der Waals surface area contributed by atoms with E-state index in [0.29, 0.717) is 17.0 Å². The number of rotatable bonds is 11. The van der Waals surface area contributed by atoms with E-state index in [4.69, 9.17) is 11.2 Å². The summed E-state index contributed by atoms with van der Waals surface area (Å²) < 4.78 is 5.40. The van der Waals surface area contributed by atoms with E-state index in [9.17, 15) is 14.4 Å². The van der Waals surface area contributed by atoms with Crippen molar-refractivity contribution in [2.24, 2.45) is 4.99 Å². The fourth-order valence-corrected chi connectivity index (χ4v) is 5.15. The SMILES string of the molecule is C#CCOc1ccc(/C=C2\C(=O)N=C(SCC(=O)NC(c3ccccc3)c3ccccc3)N(C(/C=C\C=C)=C/C)C2=O)cc1. The maximum absolute atomic E-state index is 13.8. The number of terminal acetylenes is 1. The minimum absolute atomic E-state index is 0.0770. The lowest BCUT2D eigenvalue weighted by Crippen LogP contribution is -2.42. The van der Waals surface area contributed by atoms with E-state index in [1.165, 1.54) is 11.0 Å². The summed E-state index contributed by atoms with van der Waals surface area (Å²) in [6.07, 6.45) is 13.4. The van der Waals surface area contributed by atoms with Gasteiger partial charge in [0.1, 0.15) is 17.9 Å². The van der Waals surface area contributed by atoms with E-state index in [1.807, 2.05) is 60.7 Å². The highest BCUT2D eigenvalue weighted by Gasteiger charge is 2.35.